The topological polar surface area (TPSA) is 218 Å². The number of Topliss-reactive ketones (excluding diaryl/α,β-unsaturated/α-hetero) is 1. The number of phenolic OH excluding ortho intramolecular Hbond substituents is 2. The minimum absolute atomic E-state index is 0.0688. The van der Waals surface area contributed by atoms with Gasteiger partial charge in [0.15, 0.2) is 17.9 Å². The molecule has 0 spiro atoms. The summed E-state index contributed by atoms with van der Waals surface area (Å²) in [6, 6.07) is 4.35. The molecule has 0 radical (unpaired) electrons. The highest BCUT2D eigenvalue weighted by molar-refractivity contribution is 6.31. The number of aromatic hydroxyl groups is 2. The van der Waals surface area contributed by atoms with Crippen molar-refractivity contribution in [2.75, 3.05) is 20.3 Å². The van der Waals surface area contributed by atoms with Gasteiger partial charge in [-0.2, -0.15) is 0 Å². The molecule has 6 atom stereocenters. The highest BCUT2D eigenvalue weighted by atomic mass is 16.7. The average Bonchev–Trinajstić information content (AvgIpc) is 3.09. The van der Waals surface area contributed by atoms with Crippen LogP contribution in [0.25, 0.3) is 0 Å². The van der Waals surface area contributed by atoms with Gasteiger partial charge in [0.1, 0.15) is 41.7 Å². The molecule has 1 aliphatic heterocycles. The first-order valence-corrected chi connectivity index (χ1v) is 16.8. The van der Waals surface area contributed by atoms with Gasteiger partial charge in [-0.05, 0) is 44.2 Å². The van der Waals surface area contributed by atoms with Gasteiger partial charge in [-0.3, -0.25) is 14.4 Å². The van der Waals surface area contributed by atoms with E-state index < -0.39 is 95.7 Å². The summed E-state index contributed by atoms with van der Waals surface area (Å²) in [7, 11) is 1.32. The van der Waals surface area contributed by atoms with Crippen molar-refractivity contribution in [2.45, 2.75) is 94.1 Å². The number of carbonyl (C=O) groups is 4. The minimum Gasteiger partial charge on any atom is -0.507 e. The van der Waals surface area contributed by atoms with Gasteiger partial charge in [-0.1, -0.05) is 24.6 Å². The number of allylic oxidation sites excluding steroid dienone is 1. The lowest BCUT2D eigenvalue weighted by molar-refractivity contribution is -0.245. The molecule has 1 heterocycles. The zero-order valence-corrected chi connectivity index (χ0v) is 27.6. The molecule has 268 valence electrons. The number of alkyl carbamates (subject to hydrolysis) is 1. The molecular weight excluding hydrogens is 654 g/mol. The summed E-state index contributed by atoms with van der Waals surface area (Å²) < 4.78 is 23.0. The van der Waals surface area contributed by atoms with Crippen LogP contribution in [0.15, 0.2) is 30.4 Å². The van der Waals surface area contributed by atoms with Gasteiger partial charge in [-0.25, -0.2) is 4.79 Å². The van der Waals surface area contributed by atoms with Crippen molar-refractivity contribution < 1.29 is 63.7 Å². The third kappa shape index (κ3) is 6.61. The number of rotatable bonds is 8. The number of hydrogen-bond acceptors (Lipinski definition) is 13. The second-order valence-corrected chi connectivity index (χ2v) is 13.1. The number of methoxy groups -OCH3 is 1. The van der Waals surface area contributed by atoms with Crippen LogP contribution in [0.4, 0.5) is 4.79 Å². The Hall–Kier alpha value is -4.34. The second-order valence-electron chi connectivity index (χ2n) is 13.1. The van der Waals surface area contributed by atoms with Crippen molar-refractivity contribution in [1.82, 2.24) is 5.32 Å². The molecule has 14 heteroatoms. The molecule has 1 amide bonds. The van der Waals surface area contributed by atoms with Crippen LogP contribution < -0.4 is 10.1 Å². The number of ether oxygens (including phenoxy) is 4. The highest BCUT2D eigenvalue weighted by Crippen LogP contribution is 2.52. The summed E-state index contributed by atoms with van der Waals surface area (Å²) in [5.41, 5.74) is -3.82. The fourth-order valence-corrected chi connectivity index (χ4v) is 7.30. The molecule has 0 aromatic heterocycles. The molecule has 2 aromatic carbocycles. The number of carbonyl (C=O) groups excluding carboxylic acids is 4. The number of benzene rings is 2. The van der Waals surface area contributed by atoms with E-state index in [1.807, 2.05) is 12.2 Å². The summed E-state index contributed by atoms with van der Waals surface area (Å²) in [4.78, 5) is 53.0. The molecule has 3 aliphatic carbocycles. The van der Waals surface area contributed by atoms with E-state index in [1.165, 1.54) is 25.3 Å². The van der Waals surface area contributed by atoms with Gasteiger partial charge in [0.2, 0.25) is 5.78 Å². The zero-order chi connectivity index (χ0) is 35.7. The highest BCUT2D eigenvalue weighted by Gasteiger charge is 2.50. The van der Waals surface area contributed by atoms with Gasteiger partial charge < -0.3 is 49.8 Å². The lowest BCUT2D eigenvalue weighted by Gasteiger charge is -2.41. The Balaban J connectivity index is 1.27. The SMILES string of the molecule is COc1cccc2c1C(=O)c1c(O)c3c(c(O)c1C2=O)C[C@@](O)(C(=O)CO)C[C@@H]3OC1CCC(O)C(CNC(=O)OC2/C=C/CCCCC2)O1. The maximum absolute atomic E-state index is 13.9. The van der Waals surface area contributed by atoms with E-state index in [2.05, 4.69) is 5.32 Å². The van der Waals surface area contributed by atoms with Crippen molar-refractivity contribution in [3.05, 3.63) is 63.7 Å². The van der Waals surface area contributed by atoms with E-state index in [-0.39, 0.29) is 53.5 Å². The van der Waals surface area contributed by atoms with E-state index in [4.69, 9.17) is 18.9 Å². The largest absolute Gasteiger partial charge is 0.507 e. The van der Waals surface area contributed by atoms with Crippen molar-refractivity contribution in [1.29, 1.82) is 0 Å². The lowest BCUT2D eigenvalue weighted by Crippen LogP contribution is -2.49. The molecule has 6 N–H and O–H groups in total. The Kier molecular flexibility index (Phi) is 10.3. The Labute approximate surface area is 287 Å². The van der Waals surface area contributed by atoms with Gasteiger partial charge in [-0.15, -0.1) is 0 Å². The first-order valence-electron chi connectivity index (χ1n) is 16.8. The van der Waals surface area contributed by atoms with E-state index in [1.54, 1.807) is 0 Å². The fourth-order valence-electron chi connectivity index (χ4n) is 7.30. The van der Waals surface area contributed by atoms with Crippen LogP contribution in [0.2, 0.25) is 0 Å². The van der Waals surface area contributed by atoms with Gasteiger partial charge >= 0.3 is 6.09 Å². The number of ketones is 3. The van der Waals surface area contributed by atoms with Crippen molar-refractivity contribution >= 4 is 23.4 Å². The van der Waals surface area contributed by atoms with Crippen molar-refractivity contribution in [2.24, 2.45) is 0 Å². The van der Waals surface area contributed by atoms with Crippen LogP contribution in [0.5, 0.6) is 17.2 Å². The van der Waals surface area contributed by atoms with Crippen LogP contribution in [-0.2, 0) is 25.4 Å². The molecule has 14 nitrogen and oxygen atoms in total. The van der Waals surface area contributed by atoms with Crippen LogP contribution in [0, 0.1) is 0 Å². The average molecular weight is 696 g/mol. The fraction of sp³-hybridized carbons (Fsp3) is 0.500. The number of aliphatic hydroxyl groups excluding tert-OH is 2. The second kappa shape index (κ2) is 14.5. The van der Waals surface area contributed by atoms with Gasteiger partial charge in [0.05, 0.1) is 36.0 Å². The summed E-state index contributed by atoms with van der Waals surface area (Å²) in [6.45, 7) is -1.19. The van der Waals surface area contributed by atoms with E-state index in [0.717, 1.165) is 25.7 Å². The first kappa shape index (κ1) is 35.5. The molecule has 1 fully saturated rings. The molecule has 6 rings (SSSR count). The zero-order valence-electron chi connectivity index (χ0n) is 27.6. The standard InChI is InChI=1S/C36H41NO13/c1-47-22-11-7-10-19-27(22)33(43)30-29(31(19)41)32(42)20-14-36(46,25(40)17-38)15-23(28(20)34(30)44)49-26-13-12-21(39)24(50-26)16-37-35(45)48-18-8-5-3-2-4-6-9-18/h5,7-8,10-11,18,21,23-24,26,38-39,42,44,46H,2-4,6,9,12-17H2,1H3,(H,37,45)/b8-5+/t18?,21?,23-,24?,26?,36-/m0/s1. The monoisotopic (exact) mass is 695 g/mol. The molecule has 2 aromatic rings. The predicted molar refractivity (Wildman–Crippen MR) is 173 cm³/mol. The molecule has 0 saturated carbocycles. The first-order chi connectivity index (χ1) is 24.0. The summed E-state index contributed by atoms with van der Waals surface area (Å²) in [5, 5.41) is 57.7. The van der Waals surface area contributed by atoms with E-state index >= 15 is 0 Å². The smallest absolute Gasteiger partial charge is 0.407 e. The molecule has 50 heavy (non-hydrogen) atoms. The number of aliphatic hydroxyl groups is 3. The maximum Gasteiger partial charge on any atom is 0.407 e. The number of amides is 1. The van der Waals surface area contributed by atoms with Crippen molar-refractivity contribution in [3.8, 4) is 17.2 Å². The minimum atomic E-state index is -2.29. The van der Waals surface area contributed by atoms with Gasteiger partial charge in [0.25, 0.3) is 0 Å². The molecule has 1 saturated heterocycles. The molecule has 0 bridgehead atoms. The normalized spacial score (nSPS) is 28.3. The number of hydrogen-bond donors (Lipinski definition) is 6. The van der Waals surface area contributed by atoms with Crippen molar-refractivity contribution in [3.63, 3.8) is 0 Å². The lowest BCUT2D eigenvalue weighted by atomic mass is 9.72. The number of phenols is 2. The Bertz CT molecular complexity index is 1720. The summed E-state index contributed by atoms with van der Waals surface area (Å²) in [5.74, 6) is -3.90. The third-order valence-corrected chi connectivity index (χ3v) is 9.92. The van der Waals surface area contributed by atoms with Crippen LogP contribution in [-0.4, -0.2) is 99.4 Å². The van der Waals surface area contributed by atoms with Crippen LogP contribution in [0.3, 0.4) is 0 Å². The molecular formula is C36H41NO13. The third-order valence-electron chi connectivity index (χ3n) is 9.92. The number of nitrogens with one attached hydrogen (secondary N) is 1. The summed E-state index contributed by atoms with van der Waals surface area (Å²) in [6.07, 6.45) is 2.17. The van der Waals surface area contributed by atoms with Crippen LogP contribution >= 0.6 is 0 Å². The Morgan fingerprint density at radius 2 is 1.80 bits per heavy atom. The molecule has 4 aliphatic rings. The van der Waals surface area contributed by atoms with E-state index in [9.17, 15) is 44.7 Å². The van der Waals surface area contributed by atoms with Crippen LogP contribution in [0.1, 0.15) is 100 Å². The van der Waals surface area contributed by atoms with E-state index in [0.29, 0.717) is 6.42 Å². The number of fused-ring (bicyclic) bond motifs is 3. The molecule has 4 unspecified atom stereocenters. The summed E-state index contributed by atoms with van der Waals surface area (Å²) >= 11 is 0. The Morgan fingerprint density at radius 3 is 2.56 bits per heavy atom. The maximum atomic E-state index is 13.9. The Morgan fingerprint density at radius 1 is 1.02 bits per heavy atom. The van der Waals surface area contributed by atoms with Gasteiger partial charge in [0, 0.05) is 42.5 Å². The predicted octanol–water partition coefficient (Wildman–Crippen LogP) is 2.66. The quantitative estimate of drug-likeness (QED) is 0.148.